The molecule has 3 aromatic rings. The highest BCUT2D eigenvalue weighted by molar-refractivity contribution is 5.81. The molecule has 0 unspecified atom stereocenters. The van der Waals surface area contributed by atoms with E-state index < -0.39 is 11.7 Å². The quantitative estimate of drug-likeness (QED) is 0.671. The predicted octanol–water partition coefficient (Wildman–Crippen LogP) is 2.65. The Bertz CT molecular complexity index is 850. The number of aryl methyl sites for hydroxylation is 1. The molecule has 2 heterocycles. The van der Waals surface area contributed by atoms with E-state index in [1.807, 2.05) is 13.0 Å². The fourth-order valence-corrected chi connectivity index (χ4v) is 2.33. The van der Waals surface area contributed by atoms with E-state index in [4.69, 9.17) is 18.3 Å². The SMILES string of the molecule is Cc1cc(=O)oc2cc(OC[C@H](O)COCc3ccco3)ccc12. The van der Waals surface area contributed by atoms with Gasteiger partial charge in [0.05, 0.1) is 12.9 Å². The minimum absolute atomic E-state index is 0.0692. The van der Waals surface area contributed by atoms with Gasteiger partial charge in [-0.05, 0) is 36.8 Å². The van der Waals surface area contributed by atoms with Crippen molar-refractivity contribution < 1.29 is 23.4 Å². The van der Waals surface area contributed by atoms with Gasteiger partial charge in [-0.15, -0.1) is 0 Å². The van der Waals surface area contributed by atoms with Crippen LogP contribution in [0.3, 0.4) is 0 Å². The highest BCUT2D eigenvalue weighted by Gasteiger charge is 2.08. The first-order valence-corrected chi connectivity index (χ1v) is 7.57. The smallest absolute Gasteiger partial charge is 0.336 e. The second kappa shape index (κ2) is 7.33. The lowest BCUT2D eigenvalue weighted by Gasteiger charge is -2.13. The third-order valence-electron chi connectivity index (χ3n) is 3.50. The first kappa shape index (κ1) is 16.3. The molecule has 0 fully saturated rings. The van der Waals surface area contributed by atoms with Crippen molar-refractivity contribution >= 4 is 11.0 Å². The van der Waals surface area contributed by atoms with E-state index in [0.717, 1.165) is 10.9 Å². The highest BCUT2D eigenvalue weighted by Crippen LogP contribution is 2.22. The van der Waals surface area contributed by atoms with E-state index in [2.05, 4.69) is 0 Å². The van der Waals surface area contributed by atoms with Crippen molar-refractivity contribution in [3.05, 3.63) is 64.4 Å². The molecule has 0 spiro atoms. The maximum Gasteiger partial charge on any atom is 0.336 e. The van der Waals surface area contributed by atoms with Crippen LogP contribution in [-0.4, -0.2) is 24.4 Å². The third-order valence-corrected chi connectivity index (χ3v) is 3.50. The van der Waals surface area contributed by atoms with Crippen LogP contribution < -0.4 is 10.4 Å². The molecule has 0 aliphatic carbocycles. The van der Waals surface area contributed by atoms with E-state index >= 15 is 0 Å². The number of rotatable bonds is 7. The van der Waals surface area contributed by atoms with Crippen LogP contribution in [-0.2, 0) is 11.3 Å². The van der Waals surface area contributed by atoms with Crippen molar-refractivity contribution in [1.82, 2.24) is 0 Å². The fourth-order valence-electron chi connectivity index (χ4n) is 2.33. The monoisotopic (exact) mass is 330 g/mol. The Morgan fingerprint density at radius 3 is 2.88 bits per heavy atom. The number of aliphatic hydroxyl groups excluding tert-OH is 1. The molecule has 24 heavy (non-hydrogen) atoms. The maximum atomic E-state index is 11.4. The van der Waals surface area contributed by atoms with Crippen LogP contribution >= 0.6 is 0 Å². The van der Waals surface area contributed by atoms with Gasteiger partial charge in [-0.25, -0.2) is 4.79 Å². The lowest BCUT2D eigenvalue weighted by molar-refractivity contribution is 0.000888. The van der Waals surface area contributed by atoms with Crippen LogP contribution in [0.25, 0.3) is 11.0 Å². The van der Waals surface area contributed by atoms with Crippen LogP contribution in [0.4, 0.5) is 0 Å². The summed E-state index contributed by atoms with van der Waals surface area (Å²) in [7, 11) is 0. The Hall–Kier alpha value is -2.57. The average molecular weight is 330 g/mol. The largest absolute Gasteiger partial charge is 0.491 e. The van der Waals surface area contributed by atoms with Crippen molar-refractivity contribution in [2.45, 2.75) is 19.6 Å². The molecule has 6 heteroatoms. The number of hydrogen-bond donors (Lipinski definition) is 1. The van der Waals surface area contributed by atoms with Crippen LogP contribution in [0, 0.1) is 6.92 Å². The number of hydrogen-bond acceptors (Lipinski definition) is 6. The van der Waals surface area contributed by atoms with E-state index in [9.17, 15) is 9.90 Å². The van der Waals surface area contributed by atoms with E-state index in [1.165, 1.54) is 6.07 Å². The molecule has 1 aromatic carbocycles. The van der Waals surface area contributed by atoms with Crippen molar-refractivity contribution in [3.8, 4) is 5.75 Å². The molecule has 1 N–H and O–H groups in total. The van der Waals surface area contributed by atoms with Gasteiger partial charge in [-0.3, -0.25) is 0 Å². The van der Waals surface area contributed by atoms with Gasteiger partial charge in [0.25, 0.3) is 0 Å². The lowest BCUT2D eigenvalue weighted by atomic mass is 10.1. The van der Waals surface area contributed by atoms with Crippen LogP contribution in [0.1, 0.15) is 11.3 Å². The van der Waals surface area contributed by atoms with Gasteiger partial charge < -0.3 is 23.4 Å². The summed E-state index contributed by atoms with van der Waals surface area (Å²) in [6, 6.07) is 10.3. The fraction of sp³-hybridized carbons (Fsp3) is 0.278. The van der Waals surface area contributed by atoms with Crippen LogP contribution in [0.5, 0.6) is 5.75 Å². The predicted molar refractivity (Wildman–Crippen MR) is 87.1 cm³/mol. The van der Waals surface area contributed by atoms with Crippen molar-refractivity contribution in [1.29, 1.82) is 0 Å². The summed E-state index contributed by atoms with van der Waals surface area (Å²) >= 11 is 0. The average Bonchev–Trinajstić information content (AvgIpc) is 3.05. The molecular formula is C18H18O6. The molecule has 2 aromatic heterocycles. The van der Waals surface area contributed by atoms with Gasteiger partial charge in [0.1, 0.15) is 36.4 Å². The Morgan fingerprint density at radius 1 is 1.21 bits per heavy atom. The minimum atomic E-state index is -0.778. The van der Waals surface area contributed by atoms with Crippen LogP contribution in [0.15, 0.2) is 56.3 Å². The van der Waals surface area contributed by atoms with E-state index in [-0.39, 0.29) is 13.2 Å². The summed E-state index contributed by atoms with van der Waals surface area (Å²) in [5, 5.41) is 10.7. The van der Waals surface area contributed by atoms with Gasteiger partial charge in [0.15, 0.2) is 0 Å². The first-order valence-electron chi connectivity index (χ1n) is 7.57. The van der Waals surface area contributed by atoms with Gasteiger partial charge in [0, 0.05) is 17.5 Å². The summed E-state index contributed by atoms with van der Waals surface area (Å²) in [6.07, 6.45) is 0.790. The van der Waals surface area contributed by atoms with Gasteiger partial charge >= 0.3 is 5.63 Å². The number of ether oxygens (including phenoxy) is 2. The van der Waals surface area contributed by atoms with Crippen LogP contribution in [0.2, 0.25) is 0 Å². The number of fused-ring (bicyclic) bond motifs is 1. The second-order valence-electron chi connectivity index (χ2n) is 5.47. The molecule has 0 bridgehead atoms. The molecular weight excluding hydrogens is 312 g/mol. The maximum absolute atomic E-state index is 11.4. The molecule has 0 aliphatic rings. The number of aliphatic hydroxyl groups is 1. The third kappa shape index (κ3) is 4.04. The molecule has 0 amide bonds. The Kier molecular flexibility index (Phi) is 4.98. The minimum Gasteiger partial charge on any atom is -0.491 e. The summed E-state index contributed by atoms with van der Waals surface area (Å²) in [6.45, 7) is 2.34. The number of furan rings is 1. The van der Waals surface area contributed by atoms with Gasteiger partial charge in [-0.1, -0.05) is 0 Å². The zero-order chi connectivity index (χ0) is 16.9. The number of benzene rings is 1. The molecule has 0 aliphatic heterocycles. The summed E-state index contributed by atoms with van der Waals surface area (Å²) in [4.78, 5) is 11.4. The summed E-state index contributed by atoms with van der Waals surface area (Å²) < 4.78 is 21.2. The Labute approximate surface area is 138 Å². The summed E-state index contributed by atoms with van der Waals surface area (Å²) in [5.41, 5.74) is 0.906. The highest BCUT2D eigenvalue weighted by atomic mass is 16.5. The Balaban J connectivity index is 1.54. The molecule has 1 atom stereocenters. The van der Waals surface area contributed by atoms with Crippen molar-refractivity contribution in [3.63, 3.8) is 0 Å². The molecule has 0 saturated carbocycles. The van der Waals surface area contributed by atoms with Gasteiger partial charge in [0.2, 0.25) is 0 Å². The molecule has 6 nitrogen and oxygen atoms in total. The van der Waals surface area contributed by atoms with E-state index in [0.29, 0.717) is 23.7 Å². The Morgan fingerprint density at radius 2 is 2.08 bits per heavy atom. The topological polar surface area (TPSA) is 82.0 Å². The molecule has 3 rings (SSSR count). The lowest BCUT2D eigenvalue weighted by Crippen LogP contribution is -2.23. The molecule has 0 radical (unpaired) electrons. The van der Waals surface area contributed by atoms with Crippen molar-refractivity contribution in [2.75, 3.05) is 13.2 Å². The summed E-state index contributed by atoms with van der Waals surface area (Å²) in [5.74, 6) is 1.21. The first-order chi connectivity index (χ1) is 11.6. The zero-order valence-electron chi connectivity index (χ0n) is 13.2. The standard InChI is InChI=1S/C18H18O6/c1-12-7-18(20)24-17-8-14(4-5-16(12)17)23-10-13(19)9-21-11-15-3-2-6-22-15/h2-8,13,19H,9-11H2,1H3/t13-/m1/s1. The van der Waals surface area contributed by atoms with Gasteiger partial charge in [-0.2, -0.15) is 0 Å². The molecule has 0 saturated heterocycles. The van der Waals surface area contributed by atoms with E-state index in [1.54, 1.807) is 30.5 Å². The van der Waals surface area contributed by atoms with Crippen molar-refractivity contribution in [2.24, 2.45) is 0 Å². The second-order valence-corrected chi connectivity index (χ2v) is 5.47. The zero-order valence-corrected chi connectivity index (χ0v) is 13.2. The molecule has 126 valence electrons. The normalized spacial score (nSPS) is 12.4.